The minimum atomic E-state index is -3.17. The molecule has 4 nitrogen and oxygen atoms in total. The molecule has 0 aromatic rings. The molecule has 0 bridgehead atoms. The molecule has 0 aromatic heterocycles. The number of hydrogen-bond acceptors (Lipinski definition) is 3. The number of carboxylic acids is 1. The maximum Gasteiger partial charge on any atom is 0.306 e. The van der Waals surface area contributed by atoms with Crippen LogP contribution in [-0.2, 0) is 14.6 Å². The highest BCUT2D eigenvalue weighted by Gasteiger charge is 2.37. The van der Waals surface area contributed by atoms with Crippen LogP contribution < -0.4 is 0 Å². The third-order valence-corrected chi connectivity index (χ3v) is 4.52. The van der Waals surface area contributed by atoms with Crippen LogP contribution in [0.3, 0.4) is 0 Å². The number of halogens is 1. The third-order valence-electron chi connectivity index (χ3n) is 2.72. The average molecular weight is 238 g/mol. The topological polar surface area (TPSA) is 71.4 Å². The molecule has 0 radical (unpaired) electrons. The lowest BCUT2D eigenvalue weighted by Crippen LogP contribution is -2.38. The first-order valence-corrected chi connectivity index (χ1v) is 6.71. The van der Waals surface area contributed by atoms with Gasteiger partial charge >= 0.3 is 5.97 Å². The monoisotopic (exact) mass is 238 g/mol. The lowest BCUT2D eigenvalue weighted by molar-refractivity contribution is -0.143. The second-order valence-corrected chi connectivity index (χ2v) is 6.35. The van der Waals surface area contributed by atoms with Crippen LogP contribution in [0.25, 0.3) is 0 Å². The SMILES string of the molecule is CC(F)CC1CS(=O)(=O)CCC1C(=O)O. The summed E-state index contributed by atoms with van der Waals surface area (Å²) in [7, 11) is -3.17. The first kappa shape index (κ1) is 12.4. The van der Waals surface area contributed by atoms with Gasteiger partial charge in [-0.15, -0.1) is 0 Å². The summed E-state index contributed by atoms with van der Waals surface area (Å²) in [5.74, 6) is -2.61. The van der Waals surface area contributed by atoms with E-state index in [0.29, 0.717) is 0 Å². The van der Waals surface area contributed by atoms with Crippen LogP contribution in [0.1, 0.15) is 19.8 Å². The van der Waals surface area contributed by atoms with Gasteiger partial charge in [0, 0.05) is 0 Å². The van der Waals surface area contributed by atoms with Crippen molar-refractivity contribution >= 4 is 15.8 Å². The van der Waals surface area contributed by atoms with Gasteiger partial charge in [0.1, 0.15) is 0 Å². The van der Waals surface area contributed by atoms with Gasteiger partial charge in [0.15, 0.2) is 9.84 Å². The number of carbonyl (C=O) groups is 1. The van der Waals surface area contributed by atoms with E-state index in [4.69, 9.17) is 5.11 Å². The summed E-state index contributed by atoms with van der Waals surface area (Å²) in [6, 6.07) is 0. The molecule has 1 saturated heterocycles. The summed E-state index contributed by atoms with van der Waals surface area (Å²) >= 11 is 0. The summed E-state index contributed by atoms with van der Waals surface area (Å²) in [6.45, 7) is 1.32. The molecule has 3 unspecified atom stereocenters. The standard InChI is InChI=1S/C9H15FO4S/c1-6(10)4-7-5-15(13,14)3-2-8(7)9(11)12/h6-8H,2-5H2,1H3,(H,11,12). The molecule has 1 fully saturated rings. The molecule has 15 heavy (non-hydrogen) atoms. The molecule has 0 amide bonds. The highest BCUT2D eigenvalue weighted by molar-refractivity contribution is 7.91. The zero-order chi connectivity index (χ0) is 11.6. The highest BCUT2D eigenvalue weighted by atomic mass is 32.2. The van der Waals surface area contributed by atoms with Crippen molar-refractivity contribution in [2.75, 3.05) is 11.5 Å². The summed E-state index contributed by atoms with van der Waals surface area (Å²) < 4.78 is 35.4. The lowest BCUT2D eigenvalue weighted by atomic mass is 9.87. The fourth-order valence-electron chi connectivity index (χ4n) is 2.04. The number of alkyl halides is 1. The number of sulfone groups is 1. The summed E-state index contributed by atoms with van der Waals surface area (Å²) in [5, 5.41) is 8.87. The Bertz CT molecular complexity index is 336. The molecule has 1 aliphatic rings. The molecule has 0 saturated carbocycles. The Morgan fingerprint density at radius 2 is 2.20 bits per heavy atom. The van der Waals surface area contributed by atoms with E-state index < -0.39 is 33.8 Å². The van der Waals surface area contributed by atoms with Crippen molar-refractivity contribution in [1.82, 2.24) is 0 Å². The third kappa shape index (κ3) is 3.44. The van der Waals surface area contributed by atoms with Crippen molar-refractivity contribution < 1.29 is 22.7 Å². The molecule has 1 aliphatic heterocycles. The Kier molecular flexibility index (Phi) is 3.70. The minimum absolute atomic E-state index is 0.0101. The van der Waals surface area contributed by atoms with Crippen LogP contribution >= 0.6 is 0 Å². The van der Waals surface area contributed by atoms with Crippen LogP contribution in [0.15, 0.2) is 0 Å². The van der Waals surface area contributed by atoms with Crippen LogP contribution in [0, 0.1) is 11.8 Å². The van der Waals surface area contributed by atoms with E-state index in [0.717, 1.165) is 0 Å². The largest absolute Gasteiger partial charge is 0.481 e. The molecule has 0 spiro atoms. The van der Waals surface area contributed by atoms with Gasteiger partial charge in [-0.25, -0.2) is 12.8 Å². The number of rotatable bonds is 3. The van der Waals surface area contributed by atoms with E-state index in [1.165, 1.54) is 6.92 Å². The Labute approximate surface area is 88.4 Å². The van der Waals surface area contributed by atoms with Gasteiger partial charge in [-0.1, -0.05) is 0 Å². The maximum absolute atomic E-state index is 12.8. The normalized spacial score (nSPS) is 32.1. The predicted octanol–water partition coefficient (Wildman–Crippen LogP) is 0.870. The Balaban J connectivity index is 2.78. The van der Waals surface area contributed by atoms with Crippen LogP contribution in [0.4, 0.5) is 4.39 Å². The Morgan fingerprint density at radius 3 is 2.67 bits per heavy atom. The lowest BCUT2D eigenvalue weighted by Gasteiger charge is -2.28. The second-order valence-electron chi connectivity index (χ2n) is 4.12. The number of hydrogen-bond donors (Lipinski definition) is 1. The summed E-state index contributed by atoms with van der Waals surface area (Å²) in [5.41, 5.74) is 0. The average Bonchev–Trinajstić information content (AvgIpc) is 1.99. The zero-order valence-electron chi connectivity index (χ0n) is 8.52. The first-order valence-electron chi connectivity index (χ1n) is 4.89. The Hall–Kier alpha value is -0.650. The first-order chi connectivity index (χ1) is 6.82. The fraction of sp³-hybridized carbons (Fsp3) is 0.889. The number of carboxylic acid groups (broad SMARTS) is 1. The highest BCUT2D eigenvalue weighted by Crippen LogP contribution is 2.29. The van der Waals surface area contributed by atoms with Crippen molar-refractivity contribution in [2.45, 2.75) is 25.9 Å². The summed E-state index contributed by atoms with van der Waals surface area (Å²) in [4.78, 5) is 10.8. The van der Waals surface area contributed by atoms with E-state index >= 15 is 0 Å². The van der Waals surface area contributed by atoms with Gasteiger partial charge in [0.2, 0.25) is 0 Å². The van der Waals surface area contributed by atoms with Crippen LogP contribution in [-0.4, -0.2) is 37.2 Å². The fourth-order valence-corrected chi connectivity index (χ4v) is 3.84. The summed E-state index contributed by atoms with van der Waals surface area (Å²) in [6.07, 6.45) is -1.05. The molecule has 6 heteroatoms. The second kappa shape index (κ2) is 4.47. The molecular formula is C9H15FO4S. The van der Waals surface area contributed by atoms with Gasteiger partial charge in [-0.2, -0.15) is 0 Å². The Morgan fingerprint density at radius 1 is 1.60 bits per heavy atom. The van der Waals surface area contributed by atoms with Gasteiger partial charge in [-0.05, 0) is 25.7 Å². The van der Waals surface area contributed by atoms with Gasteiger partial charge in [0.05, 0.1) is 23.6 Å². The zero-order valence-corrected chi connectivity index (χ0v) is 9.34. The molecular weight excluding hydrogens is 223 g/mol. The molecule has 1 heterocycles. The van der Waals surface area contributed by atoms with Crippen molar-refractivity contribution in [3.8, 4) is 0 Å². The molecule has 0 aromatic carbocycles. The molecule has 88 valence electrons. The van der Waals surface area contributed by atoms with E-state index in [9.17, 15) is 17.6 Å². The van der Waals surface area contributed by atoms with E-state index in [1.54, 1.807) is 0 Å². The van der Waals surface area contributed by atoms with Crippen molar-refractivity contribution in [3.05, 3.63) is 0 Å². The molecule has 0 aliphatic carbocycles. The minimum Gasteiger partial charge on any atom is -0.481 e. The van der Waals surface area contributed by atoms with Gasteiger partial charge in [0.25, 0.3) is 0 Å². The van der Waals surface area contributed by atoms with Crippen molar-refractivity contribution in [3.63, 3.8) is 0 Å². The maximum atomic E-state index is 12.8. The predicted molar refractivity (Wildman–Crippen MR) is 53.1 cm³/mol. The number of aliphatic carboxylic acids is 1. The smallest absolute Gasteiger partial charge is 0.306 e. The molecule has 3 atom stereocenters. The van der Waals surface area contributed by atoms with Crippen LogP contribution in [0.2, 0.25) is 0 Å². The van der Waals surface area contributed by atoms with E-state index in [-0.39, 0.29) is 24.3 Å². The van der Waals surface area contributed by atoms with Gasteiger partial charge in [-0.3, -0.25) is 4.79 Å². The van der Waals surface area contributed by atoms with E-state index in [1.807, 2.05) is 0 Å². The van der Waals surface area contributed by atoms with Crippen LogP contribution in [0.5, 0.6) is 0 Å². The molecule has 1 rings (SSSR count). The van der Waals surface area contributed by atoms with Crippen molar-refractivity contribution in [2.24, 2.45) is 11.8 Å². The van der Waals surface area contributed by atoms with Crippen molar-refractivity contribution in [1.29, 1.82) is 0 Å². The molecule has 1 N–H and O–H groups in total. The van der Waals surface area contributed by atoms with E-state index in [2.05, 4.69) is 0 Å². The quantitative estimate of drug-likeness (QED) is 0.792. The van der Waals surface area contributed by atoms with Gasteiger partial charge < -0.3 is 5.11 Å².